The number of pyridine rings is 1. The Bertz CT molecular complexity index is 775. The number of amides is 1. The van der Waals surface area contributed by atoms with Crippen molar-refractivity contribution in [2.24, 2.45) is 0 Å². The van der Waals surface area contributed by atoms with E-state index in [0.29, 0.717) is 13.2 Å². The molecule has 122 valence electrons. The first-order valence-corrected chi connectivity index (χ1v) is 8.44. The summed E-state index contributed by atoms with van der Waals surface area (Å²) in [6.07, 6.45) is 3.71. The maximum atomic E-state index is 12.0. The molecular weight excluding hydrogens is 322 g/mol. The molecule has 0 aliphatic rings. The second-order valence-electron chi connectivity index (χ2n) is 5.15. The molecule has 3 aromatic rings. The first-order valence-electron chi connectivity index (χ1n) is 7.56. The first-order chi connectivity index (χ1) is 11.8. The highest BCUT2D eigenvalue weighted by molar-refractivity contribution is 7.09. The zero-order valence-corrected chi connectivity index (χ0v) is 13.8. The molecule has 0 fully saturated rings. The van der Waals surface area contributed by atoms with Crippen LogP contribution in [0.15, 0.2) is 60.2 Å². The highest BCUT2D eigenvalue weighted by Crippen LogP contribution is 2.15. The van der Waals surface area contributed by atoms with Gasteiger partial charge in [0.25, 0.3) is 0 Å². The predicted molar refractivity (Wildman–Crippen MR) is 92.7 cm³/mol. The number of ether oxygens (including phenoxy) is 1. The molecule has 0 aliphatic heterocycles. The minimum absolute atomic E-state index is 0.0559. The molecule has 0 unspecified atom stereocenters. The summed E-state index contributed by atoms with van der Waals surface area (Å²) in [5.41, 5.74) is 1.73. The fraction of sp³-hybridized carbons (Fsp3) is 0.167. The molecule has 0 spiro atoms. The van der Waals surface area contributed by atoms with Crippen LogP contribution < -0.4 is 10.1 Å². The van der Waals surface area contributed by atoms with Gasteiger partial charge in [0.1, 0.15) is 17.4 Å². The number of carbonyl (C=O) groups is 1. The van der Waals surface area contributed by atoms with Crippen LogP contribution in [0.5, 0.6) is 5.75 Å². The van der Waals surface area contributed by atoms with Gasteiger partial charge in [-0.25, -0.2) is 4.98 Å². The highest BCUT2D eigenvalue weighted by Gasteiger charge is 2.08. The summed E-state index contributed by atoms with van der Waals surface area (Å²) in [6, 6.07) is 13.4. The van der Waals surface area contributed by atoms with Crippen LogP contribution in [0.3, 0.4) is 0 Å². The van der Waals surface area contributed by atoms with Crippen molar-refractivity contribution in [3.05, 3.63) is 76.5 Å². The number of hydrogen-bond acceptors (Lipinski definition) is 5. The largest absolute Gasteiger partial charge is 0.486 e. The lowest BCUT2D eigenvalue weighted by Crippen LogP contribution is -2.24. The third-order valence-electron chi connectivity index (χ3n) is 3.26. The summed E-state index contributed by atoms with van der Waals surface area (Å²) < 4.78 is 5.66. The molecule has 0 bridgehead atoms. The standard InChI is InChI=1S/C18H17N3O2S/c22-17(20-11-14-5-4-8-19-10-14)9-15-13-24-18(21-15)12-23-16-6-2-1-3-7-16/h1-8,10,13H,9,11-12H2,(H,20,22). The number of thiazole rings is 1. The maximum Gasteiger partial charge on any atom is 0.226 e. The number of nitrogens with zero attached hydrogens (tertiary/aromatic N) is 2. The van der Waals surface area contributed by atoms with Gasteiger partial charge in [0.15, 0.2) is 0 Å². The SMILES string of the molecule is O=C(Cc1csc(COc2ccccc2)n1)NCc1cccnc1. The molecular formula is C18H17N3O2S. The molecule has 24 heavy (non-hydrogen) atoms. The second-order valence-corrected chi connectivity index (χ2v) is 6.09. The van der Waals surface area contributed by atoms with E-state index in [2.05, 4.69) is 15.3 Å². The molecule has 1 amide bonds. The molecule has 0 aliphatic carbocycles. The van der Waals surface area contributed by atoms with Crippen LogP contribution in [0.4, 0.5) is 0 Å². The predicted octanol–water partition coefficient (Wildman–Crippen LogP) is 2.98. The number of rotatable bonds is 7. The summed E-state index contributed by atoms with van der Waals surface area (Å²) in [7, 11) is 0. The molecule has 2 aromatic heterocycles. The van der Waals surface area contributed by atoms with Gasteiger partial charge in [0.2, 0.25) is 5.91 Å². The lowest BCUT2D eigenvalue weighted by molar-refractivity contribution is -0.120. The smallest absolute Gasteiger partial charge is 0.226 e. The average molecular weight is 339 g/mol. The molecule has 2 heterocycles. The Balaban J connectivity index is 1.46. The first kappa shape index (κ1) is 16.1. The summed E-state index contributed by atoms with van der Waals surface area (Å²) in [4.78, 5) is 20.4. The third kappa shape index (κ3) is 4.89. The second kappa shape index (κ2) is 8.21. The van der Waals surface area contributed by atoms with Crippen molar-refractivity contribution in [3.8, 4) is 5.75 Å². The monoisotopic (exact) mass is 339 g/mol. The topological polar surface area (TPSA) is 64.1 Å². The van der Waals surface area contributed by atoms with Crippen LogP contribution >= 0.6 is 11.3 Å². The lowest BCUT2D eigenvalue weighted by Gasteiger charge is -2.04. The number of nitrogens with one attached hydrogen (secondary N) is 1. The van der Waals surface area contributed by atoms with Crippen LogP contribution in [-0.4, -0.2) is 15.9 Å². The van der Waals surface area contributed by atoms with Gasteiger partial charge in [-0.3, -0.25) is 9.78 Å². The Morgan fingerprint density at radius 3 is 2.83 bits per heavy atom. The molecule has 5 nitrogen and oxygen atoms in total. The van der Waals surface area contributed by atoms with Crippen molar-refractivity contribution in [3.63, 3.8) is 0 Å². The minimum Gasteiger partial charge on any atom is -0.486 e. The van der Waals surface area contributed by atoms with E-state index in [1.54, 1.807) is 12.4 Å². The van der Waals surface area contributed by atoms with Crippen molar-refractivity contribution in [2.75, 3.05) is 0 Å². The Morgan fingerprint density at radius 2 is 2.04 bits per heavy atom. The van der Waals surface area contributed by atoms with Gasteiger partial charge in [-0.15, -0.1) is 11.3 Å². The molecule has 0 atom stereocenters. The molecule has 0 saturated heterocycles. The summed E-state index contributed by atoms with van der Waals surface area (Å²) in [5, 5.41) is 5.62. The Labute approximate surface area is 144 Å². The highest BCUT2D eigenvalue weighted by atomic mass is 32.1. The van der Waals surface area contributed by atoms with E-state index >= 15 is 0 Å². The van der Waals surface area contributed by atoms with Gasteiger partial charge in [-0.05, 0) is 23.8 Å². The lowest BCUT2D eigenvalue weighted by atomic mass is 10.2. The van der Waals surface area contributed by atoms with E-state index in [9.17, 15) is 4.79 Å². The van der Waals surface area contributed by atoms with Gasteiger partial charge >= 0.3 is 0 Å². The zero-order chi connectivity index (χ0) is 16.6. The van der Waals surface area contributed by atoms with Crippen LogP contribution in [-0.2, 0) is 24.4 Å². The average Bonchev–Trinajstić information content (AvgIpc) is 3.07. The Morgan fingerprint density at radius 1 is 1.17 bits per heavy atom. The fourth-order valence-electron chi connectivity index (χ4n) is 2.09. The Hall–Kier alpha value is -2.73. The van der Waals surface area contributed by atoms with Crippen molar-refractivity contribution in [2.45, 2.75) is 19.6 Å². The quantitative estimate of drug-likeness (QED) is 0.719. The normalized spacial score (nSPS) is 10.3. The molecule has 0 saturated carbocycles. The minimum atomic E-state index is -0.0559. The van der Waals surface area contributed by atoms with Crippen LogP contribution in [0.25, 0.3) is 0 Å². The van der Waals surface area contributed by atoms with Crippen LogP contribution in [0.2, 0.25) is 0 Å². The van der Waals surface area contributed by atoms with E-state index in [-0.39, 0.29) is 12.3 Å². The Kier molecular flexibility index (Phi) is 5.52. The van der Waals surface area contributed by atoms with Crippen molar-refractivity contribution >= 4 is 17.2 Å². The van der Waals surface area contributed by atoms with E-state index in [1.165, 1.54) is 11.3 Å². The van der Waals surface area contributed by atoms with Crippen molar-refractivity contribution < 1.29 is 9.53 Å². The molecule has 1 aromatic carbocycles. The third-order valence-corrected chi connectivity index (χ3v) is 4.13. The molecule has 0 radical (unpaired) electrons. The number of carbonyl (C=O) groups excluding carboxylic acids is 1. The van der Waals surface area contributed by atoms with Gasteiger partial charge in [0, 0.05) is 24.3 Å². The molecule has 1 N–H and O–H groups in total. The van der Waals surface area contributed by atoms with E-state index in [1.807, 2.05) is 47.8 Å². The summed E-state index contributed by atoms with van der Waals surface area (Å²) >= 11 is 1.50. The number of benzene rings is 1. The molecule has 6 heteroatoms. The fourth-order valence-corrected chi connectivity index (χ4v) is 2.79. The van der Waals surface area contributed by atoms with Crippen LogP contribution in [0, 0.1) is 0 Å². The zero-order valence-electron chi connectivity index (χ0n) is 13.0. The van der Waals surface area contributed by atoms with Crippen molar-refractivity contribution in [1.29, 1.82) is 0 Å². The molecule has 3 rings (SSSR count). The van der Waals surface area contributed by atoms with E-state index < -0.39 is 0 Å². The van der Waals surface area contributed by atoms with Crippen LogP contribution in [0.1, 0.15) is 16.3 Å². The van der Waals surface area contributed by atoms with E-state index in [4.69, 9.17) is 4.74 Å². The van der Waals surface area contributed by atoms with Gasteiger partial charge < -0.3 is 10.1 Å². The number of para-hydroxylation sites is 1. The maximum absolute atomic E-state index is 12.0. The summed E-state index contributed by atoms with van der Waals surface area (Å²) in [5.74, 6) is 0.753. The van der Waals surface area contributed by atoms with Gasteiger partial charge in [-0.1, -0.05) is 24.3 Å². The van der Waals surface area contributed by atoms with Gasteiger partial charge in [0.05, 0.1) is 12.1 Å². The summed E-state index contributed by atoms with van der Waals surface area (Å²) in [6.45, 7) is 0.882. The van der Waals surface area contributed by atoms with Crippen molar-refractivity contribution in [1.82, 2.24) is 15.3 Å². The number of aromatic nitrogens is 2. The van der Waals surface area contributed by atoms with E-state index in [0.717, 1.165) is 22.0 Å². The number of hydrogen-bond donors (Lipinski definition) is 1. The van der Waals surface area contributed by atoms with Gasteiger partial charge in [-0.2, -0.15) is 0 Å².